The molecule has 0 atom stereocenters. The number of amides is 1. The van der Waals surface area contributed by atoms with Crippen molar-refractivity contribution in [3.63, 3.8) is 0 Å². The van der Waals surface area contributed by atoms with Gasteiger partial charge in [-0.3, -0.25) is 9.59 Å². The summed E-state index contributed by atoms with van der Waals surface area (Å²) in [5.74, 6) is -0.369. The molecule has 0 saturated heterocycles. The summed E-state index contributed by atoms with van der Waals surface area (Å²) in [4.78, 5) is 26.1. The van der Waals surface area contributed by atoms with Gasteiger partial charge < -0.3 is 5.32 Å². The number of hydrogen-bond donors (Lipinski definition) is 1. The second kappa shape index (κ2) is 5.68. The highest BCUT2D eigenvalue weighted by atomic mass is 35.5. The highest BCUT2D eigenvalue weighted by Crippen LogP contribution is 2.40. The van der Waals surface area contributed by atoms with E-state index in [1.54, 1.807) is 0 Å². The lowest BCUT2D eigenvalue weighted by molar-refractivity contribution is -0.113. The molecule has 6 heteroatoms. The third-order valence-electron chi connectivity index (χ3n) is 3.27. The van der Waals surface area contributed by atoms with Crippen molar-refractivity contribution in [3.05, 3.63) is 38.4 Å². The number of carbonyl (C=O) groups is 2. The summed E-state index contributed by atoms with van der Waals surface area (Å²) in [6, 6.07) is 3.68. The maximum atomic E-state index is 12.7. The van der Waals surface area contributed by atoms with Crippen LogP contribution in [0.4, 0.5) is 5.00 Å². The Balaban J connectivity index is 2.03. The topological polar surface area (TPSA) is 46.2 Å². The van der Waals surface area contributed by atoms with Gasteiger partial charge in [-0.1, -0.05) is 6.07 Å². The first-order valence-corrected chi connectivity index (χ1v) is 8.52. The van der Waals surface area contributed by atoms with Crippen molar-refractivity contribution in [2.24, 2.45) is 0 Å². The predicted molar refractivity (Wildman–Crippen MR) is 83.4 cm³/mol. The molecule has 2 aromatic heterocycles. The van der Waals surface area contributed by atoms with Crippen LogP contribution in [0, 0.1) is 0 Å². The minimum Gasteiger partial charge on any atom is -0.316 e. The highest BCUT2D eigenvalue weighted by molar-refractivity contribution is 7.17. The zero-order valence-electron chi connectivity index (χ0n) is 10.6. The number of halogens is 1. The molecular weight excluding hydrogens is 314 g/mol. The molecule has 1 aliphatic rings. The summed E-state index contributed by atoms with van der Waals surface area (Å²) < 4.78 is 0. The van der Waals surface area contributed by atoms with Crippen molar-refractivity contribution in [2.45, 2.75) is 19.3 Å². The lowest BCUT2D eigenvalue weighted by atomic mass is 10.1. The Labute approximate surface area is 129 Å². The quantitative estimate of drug-likeness (QED) is 0.688. The van der Waals surface area contributed by atoms with Crippen LogP contribution >= 0.6 is 34.3 Å². The summed E-state index contributed by atoms with van der Waals surface area (Å²) in [5, 5.41) is 5.30. The summed E-state index contributed by atoms with van der Waals surface area (Å²) >= 11 is 8.47. The number of nitrogens with one attached hydrogen (secondary N) is 1. The van der Waals surface area contributed by atoms with Crippen LogP contribution in [0.25, 0.3) is 0 Å². The fraction of sp³-hybridized carbons (Fsp3) is 0.286. The molecule has 1 aliphatic carbocycles. The molecular formula is C14H12ClNO2S2. The van der Waals surface area contributed by atoms with E-state index in [9.17, 15) is 9.59 Å². The van der Waals surface area contributed by atoms with E-state index >= 15 is 0 Å². The van der Waals surface area contributed by atoms with Crippen LogP contribution in [-0.2, 0) is 17.6 Å². The van der Waals surface area contributed by atoms with E-state index in [4.69, 9.17) is 11.6 Å². The molecule has 3 nitrogen and oxygen atoms in total. The number of fused-ring (bicyclic) bond motifs is 1. The van der Waals surface area contributed by atoms with Gasteiger partial charge in [-0.05, 0) is 36.3 Å². The van der Waals surface area contributed by atoms with Gasteiger partial charge in [0.25, 0.3) is 0 Å². The van der Waals surface area contributed by atoms with Gasteiger partial charge in [-0.2, -0.15) is 0 Å². The van der Waals surface area contributed by atoms with Crippen LogP contribution in [0.1, 0.15) is 32.1 Å². The number of rotatable bonds is 4. The van der Waals surface area contributed by atoms with Gasteiger partial charge in [-0.25, -0.2) is 0 Å². The normalized spacial score (nSPS) is 13.2. The lowest BCUT2D eigenvalue weighted by Crippen LogP contribution is -2.14. The van der Waals surface area contributed by atoms with Crippen molar-refractivity contribution >= 4 is 51.0 Å². The van der Waals surface area contributed by atoms with Crippen LogP contribution in [0.3, 0.4) is 0 Å². The number of aryl methyl sites for hydroxylation is 1. The monoisotopic (exact) mass is 325 g/mol. The van der Waals surface area contributed by atoms with E-state index in [0.717, 1.165) is 24.8 Å². The second-order valence-corrected chi connectivity index (χ2v) is 6.87. The van der Waals surface area contributed by atoms with Gasteiger partial charge in [-0.15, -0.1) is 34.3 Å². The number of carbonyl (C=O) groups excluding carboxylic acids is 2. The van der Waals surface area contributed by atoms with Crippen LogP contribution < -0.4 is 5.32 Å². The second-order valence-electron chi connectivity index (χ2n) is 4.55. The molecule has 0 aromatic carbocycles. The first-order valence-electron chi connectivity index (χ1n) is 6.29. The van der Waals surface area contributed by atoms with E-state index in [1.807, 2.05) is 17.5 Å². The number of anilines is 1. The molecule has 2 aromatic rings. The van der Waals surface area contributed by atoms with Crippen LogP contribution in [-0.4, -0.2) is 17.6 Å². The molecule has 0 unspecified atom stereocenters. The molecule has 3 rings (SSSR count). The number of thiophene rings is 2. The smallest absolute Gasteiger partial charge is 0.239 e. The lowest BCUT2D eigenvalue weighted by Gasteiger charge is -2.05. The van der Waals surface area contributed by atoms with Gasteiger partial charge >= 0.3 is 0 Å². The zero-order valence-corrected chi connectivity index (χ0v) is 13.0. The van der Waals surface area contributed by atoms with E-state index in [0.29, 0.717) is 15.4 Å². The van der Waals surface area contributed by atoms with Crippen molar-refractivity contribution in [1.82, 2.24) is 0 Å². The van der Waals surface area contributed by atoms with E-state index in [1.165, 1.54) is 27.6 Å². The van der Waals surface area contributed by atoms with Crippen LogP contribution in [0.15, 0.2) is 17.5 Å². The van der Waals surface area contributed by atoms with Crippen LogP contribution in [0.5, 0.6) is 0 Å². The highest BCUT2D eigenvalue weighted by Gasteiger charge is 2.28. The molecule has 104 valence electrons. The number of alkyl halides is 1. The van der Waals surface area contributed by atoms with E-state index in [2.05, 4.69) is 5.32 Å². The summed E-state index contributed by atoms with van der Waals surface area (Å²) in [7, 11) is 0. The third-order valence-corrected chi connectivity index (χ3v) is 5.59. The Hall–Kier alpha value is -1.17. The average Bonchev–Trinajstić information content (AvgIpc) is 3.14. The minimum absolute atomic E-state index is 0.00396. The summed E-state index contributed by atoms with van der Waals surface area (Å²) in [6.07, 6.45) is 2.98. The minimum atomic E-state index is -0.271. The van der Waals surface area contributed by atoms with Gasteiger partial charge in [0, 0.05) is 4.88 Å². The van der Waals surface area contributed by atoms with Gasteiger partial charge in [0.1, 0.15) is 10.9 Å². The zero-order chi connectivity index (χ0) is 14.1. The van der Waals surface area contributed by atoms with Gasteiger partial charge in [0.2, 0.25) is 11.7 Å². The molecule has 0 bridgehead atoms. The number of ketones is 1. The molecule has 0 spiro atoms. The van der Waals surface area contributed by atoms with E-state index in [-0.39, 0.29) is 17.6 Å². The van der Waals surface area contributed by atoms with E-state index < -0.39 is 0 Å². The summed E-state index contributed by atoms with van der Waals surface area (Å²) in [5.41, 5.74) is 1.78. The Morgan fingerprint density at radius 3 is 2.90 bits per heavy atom. The SMILES string of the molecule is O=C(CCl)Nc1sc2c(c1C(=O)c1cccs1)CCC2. The molecule has 0 fully saturated rings. The first kappa shape index (κ1) is 13.8. The van der Waals surface area contributed by atoms with Gasteiger partial charge in [0.05, 0.1) is 10.4 Å². The first-order chi connectivity index (χ1) is 9.70. The molecule has 1 amide bonds. The maximum absolute atomic E-state index is 12.7. The molecule has 0 aliphatic heterocycles. The fourth-order valence-electron chi connectivity index (χ4n) is 2.42. The van der Waals surface area contributed by atoms with Crippen molar-refractivity contribution in [1.29, 1.82) is 0 Å². The summed E-state index contributed by atoms with van der Waals surface area (Å²) in [6.45, 7) is 0. The van der Waals surface area contributed by atoms with Crippen molar-refractivity contribution < 1.29 is 9.59 Å². The molecule has 20 heavy (non-hydrogen) atoms. The third kappa shape index (κ3) is 2.41. The largest absolute Gasteiger partial charge is 0.316 e. The molecule has 0 saturated carbocycles. The maximum Gasteiger partial charge on any atom is 0.239 e. The fourth-order valence-corrected chi connectivity index (χ4v) is 4.46. The predicted octanol–water partition coefficient (Wildman–Crippen LogP) is 3.71. The van der Waals surface area contributed by atoms with Crippen molar-refractivity contribution in [2.75, 3.05) is 11.2 Å². The Morgan fingerprint density at radius 1 is 1.35 bits per heavy atom. The average molecular weight is 326 g/mol. The number of hydrogen-bond acceptors (Lipinski definition) is 4. The Morgan fingerprint density at radius 2 is 2.20 bits per heavy atom. The standard InChI is InChI=1S/C14H12ClNO2S2/c15-7-11(17)16-14-12(8-3-1-4-9(8)20-14)13(18)10-5-2-6-19-10/h2,5-6H,1,3-4,7H2,(H,16,17). The van der Waals surface area contributed by atoms with Crippen molar-refractivity contribution in [3.8, 4) is 0 Å². The van der Waals surface area contributed by atoms with Gasteiger partial charge in [0.15, 0.2) is 0 Å². The molecule has 0 radical (unpaired) electrons. The molecule has 1 N–H and O–H groups in total. The van der Waals surface area contributed by atoms with Crippen LogP contribution in [0.2, 0.25) is 0 Å². The Kier molecular flexibility index (Phi) is 3.92. The molecule has 2 heterocycles. The Bertz CT molecular complexity index is 661.